The molecule has 5 rings (SSSR count). The number of hydrogen-bond donors (Lipinski definition) is 3. The lowest BCUT2D eigenvalue weighted by molar-refractivity contribution is 0.201. The number of fused-ring (bicyclic) bond motifs is 8. The lowest BCUT2D eigenvalue weighted by atomic mass is 10.1. The van der Waals surface area contributed by atoms with Crippen molar-refractivity contribution in [3.63, 3.8) is 0 Å². The molecule has 1 atom stereocenters. The van der Waals surface area contributed by atoms with Crippen molar-refractivity contribution in [2.75, 3.05) is 0 Å². The first kappa shape index (κ1) is 14.7. The van der Waals surface area contributed by atoms with Gasteiger partial charge in [-0.3, -0.25) is 0 Å². The van der Waals surface area contributed by atoms with Gasteiger partial charge < -0.3 is 15.1 Å². The van der Waals surface area contributed by atoms with Crippen molar-refractivity contribution in [1.82, 2.24) is 19.9 Å². The molecule has 8 bridgehead atoms. The monoisotopic (exact) mass is 355 g/mol. The van der Waals surface area contributed by atoms with E-state index in [4.69, 9.17) is 1.37 Å². The third-order valence-electron chi connectivity index (χ3n) is 4.54. The largest absolute Gasteiger partial charge is 0.389 e. The van der Waals surface area contributed by atoms with E-state index < -0.39 is 6.10 Å². The Bertz CT molecular complexity index is 1310. The first-order chi connectivity index (χ1) is 13.5. The second kappa shape index (κ2) is 6.07. The summed E-state index contributed by atoms with van der Waals surface area (Å²) in [5.41, 5.74) is 6.96. The first-order valence-electron chi connectivity index (χ1n) is 9.31. The summed E-state index contributed by atoms with van der Waals surface area (Å²) in [7, 11) is 0. The zero-order chi connectivity index (χ0) is 19.3. The first-order valence-corrected chi connectivity index (χ1v) is 8.81. The highest BCUT2D eigenvalue weighted by atomic mass is 16.3. The standard InChI is InChI=1S/C22H18N4O/c1-13(27)21-11-20-10-18-5-4-16(24-18)8-14-2-3-15(23-14)9-17-6-7-19(25-17)12-22(21)26-20/h2-13,24,26-27H,1H3/i11D. The van der Waals surface area contributed by atoms with Crippen molar-refractivity contribution >= 4 is 46.4 Å². The highest BCUT2D eigenvalue weighted by Crippen LogP contribution is 2.23. The molecule has 5 nitrogen and oxygen atoms in total. The average Bonchev–Trinajstić information content (AvgIpc) is 3.40. The van der Waals surface area contributed by atoms with Gasteiger partial charge in [-0.2, -0.15) is 0 Å². The maximum atomic E-state index is 10.2. The zero-order valence-electron chi connectivity index (χ0n) is 15.7. The summed E-state index contributed by atoms with van der Waals surface area (Å²) in [4.78, 5) is 15.8. The van der Waals surface area contributed by atoms with Gasteiger partial charge in [0.05, 0.1) is 30.3 Å². The van der Waals surface area contributed by atoms with Crippen LogP contribution in [0.5, 0.6) is 0 Å². The van der Waals surface area contributed by atoms with Crippen molar-refractivity contribution in [3.05, 3.63) is 70.8 Å². The van der Waals surface area contributed by atoms with Crippen LogP contribution in [0.2, 0.25) is 0 Å². The van der Waals surface area contributed by atoms with Gasteiger partial charge in [-0.25, -0.2) is 9.97 Å². The molecule has 3 aromatic rings. The van der Waals surface area contributed by atoms with Crippen molar-refractivity contribution in [1.29, 1.82) is 0 Å². The Balaban J connectivity index is 1.90. The molecule has 0 aromatic carbocycles. The van der Waals surface area contributed by atoms with Crippen LogP contribution in [0.25, 0.3) is 46.4 Å². The van der Waals surface area contributed by atoms with E-state index in [-0.39, 0.29) is 6.04 Å². The minimum Gasteiger partial charge on any atom is -0.389 e. The topological polar surface area (TPSA) is 77.6 Å². The molecule has 0 aliphatic carbocycles. The van der Waals surface area contributed by atoms with Gasteiger partial charge in [-0.1, -0.05) is 0 Å². The van der Waals surface area contributed by atoms with Crippen LogP contribution in [-0.2, 0) is 0 Å². The van der Waals surface area contributed by atoms with E-state index >= 15 is 0 Å². The van der Waals surface area contributed by atoms with Gasteiger partial charge in [-0.05, 0) is 73.7 Å². The van der Waals surface area contributed by atoms with Crippen molar-refractivity contribution < 1.29 is 6.48 Å². The number of aromatic amines is 2. The third-order valence-corrected chi connectivity index (χ3v) is 4.54. The Morgan fingerprint density at radius 3 is 2.07 bits per heavy atom. The van der Waals surface area contributed by atoms with Crippen LogP contribution in [-0.4, -0.2) is 25.0 Å². The van der Waals surface area contributed by atoms with E-state index in [0.29, 0.717) is 16.6 Å². The molecule has 0 radical (unpaired) electrons. The molecular formula is C22H18N4O. The molecule has 1 unspecified atom stereocenters. The number of aliphatic hydroxyl groups is 1. The number of nitrogens with zero attached hydrogens (tertiary/aromatic N) is 2. The van der Waals surface area contributed by atoms with Gasteiger partial charge in [0.1, 0.15) is 0 Å². The maximum absolute atomic E-state index is 10.2. The van der Waals surface area contributed by atoms with Gasteiger partial charge in [0, 0.05) is 27.6 Å². The van der Waals surface area contributed by atoms with Crippen LogP contribution in [0.4, 0.5) is 0 Å². The summed E-state index contributed by atoms with van der Waals surface area (Å²) in [6.07, 6.45) is 7.01. The van der Waals surface area contributed by atoms with E-state index in [0.717, 1.165) is 33.8 Å². The lowest BCUT2D eigenvalue weighted by Gasteiger charge is -1.99. The number of hydrogen-bond acceptors (Lipinski definition) is 3. The molecule has 27 heavy (non-hydrogen) atoms. The minimum atomic E-state index is -0.764. The van der Waals surface area contributed by atoms with Gasteiger partial charge in [0.2, 0.25) is 0 Å². The normalized spacial score (nSPS) is 14.4. The fourth-order valence-corrected chi connectivity index (χ4v) is 3.29. The second-order valence-corrected chi connectivity index (χ2v) is 6.70. The molecule has 132 valence electrons. The number of H-pyrrole nitrogens is 2. The average molecular weight is 355 g/mol. The van der Waals surface area contributed by atoms with Crippen molar-refractivity contribution in [3.8, 4) is 0 Å². The van der Waals surface area contributed by atoms with Crippen LogP contribution >= 0.6 is 0 Å². The fourth-order valence-electron chi connectivity index (χ4n) is 3.29. The van der Waals surface area contributed by atoms with E-state index in [9.17, 15) is 5.11 Å². The molecule has 5 heterocycles. The number of nitrogens with one attached hydrogen (secondary N) is 2. The SMILES string of the molecule is [2H]c1c(C(C)O)c2cc3nc(cc4nc(cc5ccc(cc1[nH]2)[nH]5)C=C4)C=C3. The van der Waals surface area contributed by atoms with Crippen LogP contribution in [0, 0.1) is 0 Å². The third kappa shape index (κ3) is 3.09. The highest BCUT2D eigenvalue weighted by Gasteiger charge is 2.08. The molecule has 5 heteroatoms. The molecule has 2 aliphatic rings. The summed E-state index contributed by atoms with van der Waals surface area (Å²) in [5, 5.41) is 10.2. The van der Waals surface area contributed by atoms with Crippen LogP contribution in [0.15, 0.2) is 42.4 Å². The Morgan fingerprint density at radius 1 is 0.815 bits per heavy atom. The molecule has 2 aliphatic heterocycles. The Morgan fingerprint density at radius 2 is 1.41 bits per heavy atom. The van der Waals surface area contributed by atoms with E-state index in [1.807, 2.05) is 60.7 Å². The maximum Gasteiger partial charge on any atom is 0.0782 e. The number of aliphatic hydroxyl groups excluding tert-OH is 1. The fraction of sp³-hybridized carbons (Fsp3) is 0.0909. The van der Waals surface area contributed by atoms with Gasteiger partial charge in [0.15, 0.2) is 0 Å². The number of aromatic nitrogens is 4. The molecular weight excluding hydrogens is 336 g/mol. The molecule has 3 N–H and O–H groups in total. The van der Waals surface area contributed by atoms with Crippen LogP contribution < -0.4 is 0 Å². The van der Waals surface area contributed by atoms with E-state index in [1.165, 1.54) is 0 Å². The predicted octanol–water partition coefficient (Wildman–Crippen LogP) is 4.71. The smallest absolute Gasteiger partial charge is 0.0782 e. The lowest BCUT2D eigenvalue weighted by Crippen LogP contribution is -1.88. The Labute approximate surface area is 157 Å². The van der Waals surface area contributed by atoms with Crippen molar-refractivity contribution in [2.24, 2.45) is 0 Å². The molecule has 3 aromatic heterocycles. The van der Waals surface area contributed by atoms with E-state index in [2.05, 4.69) is 19.9 Å². The summed E-state index contributed by atoms with van der Waals surface area (Å²) in [6, 6.07) is 11.8. The summed E-state index contributed by atoms with van der Waals surface area (Å²) in [6.45, 7) is 1.67. The van der Waals surface area contributed by atoms with Gasteiger partial charge in [0.25, 0.3) is 0 Å². The summed E-state index contributed by atoms with van der Waals surface area (Å²) in [5.74, 6) is 0. The van der Waals surface area contributed by atoms with Crippen molar-refractivity contribution in [2.45, 2.75) is 13.0 Å². The highest BCUT2D eigenvalue weighted by molar-refractivity contribution is 5.78. The predicted molar refractivity (Wildman–Crippen MR) is 109 cm³/mol. The molecule has 0 saturated heterocycles. The summed E-state index contributed by atoms with van der Waals surface area (Å²) < 4.78 is 8.50. The summed E-state index contributed by atoms with van der Waals surface area (Å²) >= 11 is 0. The number of rotatable bonds is 1. The molecule has 0 saturated carbocycles. The molecule has 0 fully saturated rings. The van der Waals surface area contributed by atoms with Crippen LogP contribution in [0.3, 0.4) is 0 Å². The minimum absolute atomic E-state index is 0.283. The second-order valence-electron chi connectivity index (χ2n) is 6.70. The Kier molecular flexibility index (Phi) is 3.31. The Hall–Kier alpha value is -3.44. The molecule has 0 amide bonds. The van der Waals surface area contributed by atoms with Gasteiger partial charge in [-0.15, -0.1) is 0 Å². The van der Waals surface area contributed by atoms with Gasteiger partial charge >= 0.3 is 0 Å². The van der Waals surface area contributed by atoms with E-state index in [1.54, 1.807) is 6.92 Å². The quantitative estimate of drug-likeness (QED) is 0.407. The molecule has 0 spiro atoms. The zero-order valence-corrected chi connectivity index (χ0v) is 14.7. The van der Waals surface area contributed by atoms with Crippen LogP contribution in [0.1, 0.15) is 42.7 Å².